The maximum atomic E-state index is 12.3. The lowest BCUT2D eigenvalue weighted by atomic mass is 10.1. The second-order valence-corrected chi connectivity index (χ2v) is 5.88. The van der Waals surface area contributed by atoms with Crippen molar-refractivity contribution in [1.82, 2.24) is 0 Å². The Hall–Kier alpha value is -2.59. The molecule has 0 unspecified atom stereocenters. The van der Waals surface area contributed by atoms with Crippen LogP contribution in [-0.4, -0.2) is 5.97 Å². The fraction of sp³-hybridized carbons (Fsp3) is 0.158. The van der Waals surface area contributed by atoms with Gasteiger partial charge in [-0.25, -0.2) is 9.59 Å². The van der Waals surface area contributed by atoms with Gasteiger partial charge in [0.05, 0.1) is 0 Å². The molecule has 3 rings (SSSR count). The second kappa shape index (κ2) is 6.49. The van der Waals surface area contributed by atoms with Crippen molar-refractivity contribution in [3.63, 3.8) is 0 Å². The van der Waals surface area contributed by atoms with Gasteiger partial charge in [0.25, 0.3) is 0 Å². The van der Waals surface area contributed by atoms with Crippen molar-refractivity contribution < 1.29 is 13.9 Å². The highest BCUT2D eigenvalue weighted by Gasteiger charge is 2.16. The number of carbonyl (C=O) groups excluding carboxylic acids is 1. The molecule has 0 aliphatic rings. The Morgan fingerprint density at radius 1 is 1.17 bits per heavy atom. The molecular formula is C19H15ClO4. The van der Waals surface area contributed by atoms with Crippen molar-refractivity contribution in [3.05, 3.63) is 74.6 Å². The number of benzene rings is 2. The number of esters is 1. The largest absolute Gasteiger partial charge is 0.423 e. The normalized spacial score (nSPS) is 10.8. The van der Waals surface area contributed by atoms with Gasteiger partial charge in [-0.2, -0.15) is 0 Å². The Kier molecular flexibility index (Phi) is 4.40. The second-order valence-electron chi connectivity index (χ2n) is 5.47. The van der Waals surface area contributed by atoms with Crippen molar-refractivity contribution in [2.45, 2.75) is 20.3 Å². The fourth-order valence-corrected chi connectivity index (χ4v) is 2.50. The molecule has 1 aromatic heterocycles. The lowest BCUT2D eigenvalue weighted by Gasteiger charge is -2.06. The summed E-state index contributed by atoms with van der Waals surface area (Å²) in [4.78, 5) is 24.4. The molecule has 24 heavy (non-hydrogen) atoms. The van der Waals surface area contributed by atoms with Crippen LogP contribution < -0.4 is 10.4 Å². The summed E-state index contributed by atoms with van der Waals surface area (Å²) in [5.74, 6) is -0.432. The first-order chi connectivity index (χ1) is 11.5. The smallest absolute Gasteiger partial charge is 0.351 e. The Morgan fingerprint density at radius 3 is 2.67 bits per heavy atom. The molecule has 0 fully saturated rings. The van der Waals surface area contributed by atoms with Crippen LogP contribution in [0.4, 0.5) is 0 Å². The van der Waals surface area contributed by atoms with Gasteiger partial charge in [0, 0.05) is 10.4 Å². The number of ether oxygens (including phenoxy) is 1. The van der Waals surface area contributed by atoms with E-state index in [1.54, 1.807) is 31.2 Å². The average Bonchev–Trinajstić information content (AvgIpc) is 2.57. The minimum atomic E-state index is -0.755. The summed E-state index contributed by atoms with van der Waals surface area (Å²) in [6, 6.07) is 11.9. The highest BCUT2D eigenvalue weighted by atomic mass is 35.5. The summed E-state index contributed by atoms with van der Waals surface area (Å²) in [5.41, 5.74) is 1.45. The van der Waals surface area contributed by atoms with E-state index >= 15 is 0 Å². The number of hydrogen-bond donors (Lipinski definition) is 0. The zero-order valence-electron chi connectivity index (χ0n) is 13.3. The summed E-state index contributed by atoms with van der Waals surface area (Å²) in [7, 11) is 0. The number of halogens is 1. The lowest BCUT2D eigenvalue weighted by Crippen LogP contribution is -2.18. The van der Waals surface area contributed by atoms with E-state index in [4.69, 9.17) is 20.8 Å². The van der Waals surface area contributed by atoms with E-state index < -0.39 is 11.6 Å². The zero-order chi connectivity index (χ0) is 17.3. The minimum absolute atomic E-state index is 0.136. The van der Waals surface area contributed by atoms with Gasteiger partial charge in [-0.1, -0.05) is 24.6 Å². The first kappa shape index (κ1) is 16.3. The van der Waals surface area contributed by atoms with Gasteiger partial charge in [0.2, 0.25) is 0 Å². The van der Waals surface area contributed by atoms with Gasteiger partial charge in [-0.05, 0) is 60.9 Å². The monoisotopic (exact) mass is 342 g/mol. The molecule has 0 spiro atoms. The minimum Gasteiger partial charge on any atom is -0.423 e. The summed E-state index contributed by atoms with van der Waals surface area (Å²) >= 11 is 5.95. The lowest BCUT2D eigenvalue weighted by molar-refractivity contribution is 0.0730. The van der Waals surface area contributed by atoms with Crippen LogP contribution in [0.3, 0.4) is 0 Å². The molecule has 122 valence electrons. The number of aryl methyl sites for hydroxylation is 2. The molecule has 0 aliphatic carbocycles. The quantitative estimate of drug-likeness (QED) is 0.398. The van der Waals surface area contributed by atoms with E-state index in [9.17, 15) is 9.59 Å². The molecule has 0 N–H and O–H groups in total. The highest BCUT2D eigenvalue weighted by Crippen LogP contribution is 2.22. The summed E-state index contributed by atoms with van der Waals surface area (Å²) in [6.45, 7) is 3.83. The van der Waals surface area contributed by atoms with E-state index in [1.165, 1.54) is 6.07 Å². The van der Waals surface area contributed by atoms with E-state index in [0.29, 0.717) is 21.7 Å². The van der Waals surface area contributed by atoms with Crippen molar-refractivity contribution in [2.24, 2.45) is 0 Å². The standard InChI is InChI=1S/C19H15ClO4/c1-3-12-4-7-17-13(9-12)10-15(19(22)24-17)18(21)23-14-5-6-16(20)11(2)8-14/h4-10H,3H2,1-2H3. The Labute approximate surface area is 143 Å². The van der Waals surface area contributed by atoms with Crippen LogP contribution in [0.5, 0.6) is 5.75 Å². The van der Waals surface area contributed by atoms with Gasteiger partial charge in [-0.3, -0.25) is 0 Å². The Bertz CT molecular complexity index is 988. The van der Waals surface area contributed by atoms with Gasteiger partial charge < -0.3 is 9.15 Å². The van der Waals surface area contributed by atoms with Crippen LogP contribution >= 0.6 is 11.6 Å². The van der Waals surface area contributed by atoms with Crippen LogP contribution in [0.25, 0.3) is 11.0 Å². The van der Waals surface area contributed by atoms with Crippen LogP contribution in [0.1, 0.15) is 28.4 Å². The predicted octanol–water partition coefficient (Wildman–Crippen LogP) is 4.54. The first-order valence-corrected chi connectivity index (χ1v) is 7.91. The SMILES string of the molecule is CCc1ccc2oc(=O)c(C(=O)Oc3ccc(Cl)c(C)c3)cc2c1. The van der Waals surface area contributed by atoms with E-state index in [1.807, 2.05) is 19.1 Å². The third-order valence-corrected chi connectivity index (χ3v) is 4.19. The predicted molar refractivity (Wildman–Crippen MR) is 93.0 cm³/mol. The molecule has 0 bridgehead atoms. The van der Waals surface area contributed by atoms with Crippen molar-refractivity contribution in [3.8, 4) is 5.75 Å². The molecule has 0 atom stereocenters. The third-order valence-electron chi connectivity index (χ3n) is 3.76. The van der Waals surface area contributed by atoms with Crippen LogP contribution in [0.2, 0.25) is 5.02 Å². The Balaban J connectivity index is 1.97. The van der Waals surface area contributed by atoms with Crippen molar-refractivity contribution >= 4 is 28.5 Å². The summed E-state index contributed by atoms with van der Waals surface area (Å²) in [5, 5.41) is 1.26. The number of carbonyl (C=O) groups is 1. The molecule has 0 amide bonds. The van der Waals surface area contributed by atoms with Crippen molar-refractivity contribution in [1.29, 1.82) is 0 Å². The zero-order valence-corrected chi connectivity index (χ0v) is 14.0. The van der Waals surface area contributed by atoms with E-state index in [-0.39, 0.29) is 5.56 Å². The molecular weight excluding hydrogens is 328 g/mol. The summed E-state index contributed by atoms with van der Waals surface area (Å²) < 4.78 is 10.5. The molecule has 0 saturated carbocycles. The molecule has 0 saturated heterocycles. The number of fused-ring (bicyclic) bond motifs is 1. The fourth-order valence-electron chi connectivity index (χ4n) is 2.38. The van der Waals surface area contributed by atoms with E-state index in [0.717, 1.165) is 17.5 Å². The van der Waals surface area contributed by atoms with Gasteiger partial charge >= 0.3 is 11.6 Å². The average molecular weight is 343 g/mol. The van der Waals surface area contributed by atoms with Crippen LogP contribution in [0.15, 0.2) is 51.7 Å². The van der Waals surface area contributed by atoms with Crippen LogP contribution in [-0.2, 0) is 6.42 Å². The molecule has 5 heteroatoms. The highest BCUT2D eigenvalue weighted by molar-refractivity contribution is 6.31. The molecule has 4 nitrogen and oxygen atoms in total. The Morgan fingerprint density at radius 2 is 1.96 bits per heavy atom. The molecule has 0 radical (unpaired) electrons. The van der Waals surface area contributed by atoms with E-state index in [2.05, 4.69) is 0 Å². The van der Waals surface area contributed by atoms with Gasteiger partial charge in [0.1, 0.15) is 16.9 Å². The number of rotatable bonds is 3. The van der Waals surface area contributed by atoms with Crippen LogP contribution in [0, 0.1) is 6.92 Å². The maximum Gasteiger partial charge on any atom is 0.351 e. The maximum absolute atomic E-state index is 12.3. The topological polar surface area (TPSA) is 56.5 Å². The molecule has 1 heterocycles. The van der Waals surface area contributed by atoms with Gasteiger partial charge in [-0.15, -0.1) is 0 Å². The molecule has 0 aliphatic heterocycles. The van der Waals surface area contributed by atoms with Crippen molar-refractivity contribution in [2.75, 3.05) is 0 Å². The molecule has 2 aromatic carbocycles. The third kappa shape index (κ3) is 3.19. The first-order valence-electron chi connectivity index (χ1n) is 7.53. The molecule has 3 aromatic rings. The van der Waals surface area contributed by atoms with Gasteiger partial charge in [0.15, 0.2) is 0 Å². The summed E-state index contributed by atoms with van der Waals surface area (Å²) in [6.07, 6.45) is 0.846. The number of hydrogen-bond acceptors (Lipinski definition) is 4.